The highest BCUT2D eigenvalue weighted by Gasteiger charge is 2.22. The van der Waals surface area contributed by atoms with E-state index in [9.17, 15) is 4.79 Å². The van der Waals surface area contributed by atoms with Crippen LogP contribution in [0.1, 0.15) is 46.0 Å². The van der Waals surface area contributed by atoms with Crippen LogP contribution in [0.3, 0.4) is 0 Å². The van der Waals surface area contributed by atoms with Crippen LogP contribution in [0.2, 0.25) is 0 Å². The number of aromatic nitrogens is 4. The normalized spacial score (nSPS) is 13.2. The predicted molar refractivity (Wildman–Crippen MR) is 114 cm³/mol. The Morgan fingerprint density at radius 3 is 3.03 bits per heavy atom. The molecular weight excluding hydrogens is 394 g/mol. The summed E-state index contributed by atoms with van der Waals surface area (Å²) in [6.07, 6.45) is 6.11. The highest BCUT2D eigenvalue weighted by atomic mass is 16.5. The topological polar surface area (TPSA) is 97.1 Å². The van der Waals surface area contributed by atoms with Gasteiger partial charge in [-0.2, -0.15) is 5.10 Å². The maximum absolute atomic E-state index is 12.8. The summed E-state index contributed by atoms with van der Waals surface area (Å²) >= 11 is 0. The Morgan fingerprint density at radius 2 is 2.10 bits per heavy atom. The molecule has 0 spiro atoms. The number of amides is 1. The van der Waals surface area contributed by atoms with Gasteiger partial charge in [-0.3, -0.25) is 14.9 Å². The van der Waals surface area contributed by atoms with Gasteiger partial charge in [0.15, 0.2) is 11.5 Å². The number of nitrogens with zero attached hydrogens (tertiary/aromatic N) is 4. The van der Waals surface area contributed by atoms with Crippen molar-refractivity contribution in [3.63, 3.8) is 0 Å². The standard InChI is InChI=1S/C23H23N5O3/c1-28(13-20-17-8-2-3-9-18(17)25-26-20)23(29)19-12-16(31-27-19)14-30-21-10-4-6-15-7-5-11-24-22(15)21/h4-7,10-12H,2-3,8-9,13-14H2,1H3,(H,25,26). The van der Waals surface area contributed by atoms with E-state index in [1.54, 1.807) is 24.2 Å². The van der Waals surface area contributed by atoms with Crippen LogP contribution < -0.4 is 4.74 Å². The fourth-order valence-electron chi connectivity index (χ4n) is 4.00. The number of H-pyrrole nitrogens is 1. The van der Waals surface area contributed by atoms with Crippen LogP contribution in [0.15, 0.2) is 47.1 Å². The number of carbonyl (C=O) groups excluding carboxylic acids is 1. The first-order chi connectivity index (χ1) is 15.2. The molecule has 0 saturated heterocycles. The molecule has 3 aromatic heterocycles. The largest absolute Gasteiger partial charge is 0.483 e. The lowest BCUT2D eigenvalue weighted by Crippen LogP contribution is -2.27. The Balaban J connectivity index is 1.24. The fourth-order valence-corrected chi connectivity index (χ4v) is 4.00. The maximum Gasteiger partial charge on any atom is 0.276 e. The highest BCUT2D eigenvalue weighted by molar-refractivity contribution is 5.92. The summed E-state index contributed by atoms with van der Waals surface area (Å²) in [7, 11) is 1.75. The Labute approximate surface area is 179 Å². The molecule has 1 aliphatic carbocycles. The summed E-state index contributed by atoms with van der Waals surface area (Å²) in [5.74, 6) is 0.916. The minimum atomic E-state index is -0.214. The van der Waals surface area contributed by atoms with Crippen molar-refractivity contribution in [1.82, 2.24) is 25.2 Å². The zero-order valence-electron chi connectivity index (χ0n) is 17.3. The van der Waals surface area contributed by atoms with Crippen molar-refractivity contribution in [2.75, 3.05) is 7.05 Å². The monoisotopic (exact) mass is 417 g/mol. The lowest BCUT2D eigenvalue weighted by Gasteiger charge is -2.16. The minimum Gasteiger partial charge on any atom is -0.483 e. The number of carbonyl (C=O) groups is 1. The molecular formula is C23H23N5O3. The average Bonchev–Trinajstić information content (AvgIpc) is 3.45. The number of rotatable bonds is 6. The number of fused-ring (bicyclic) bond motifs is 2. The molecule has 4 aromatic rings. The van der Waals surface area contributed by atoms with Gasteiger partial charge in [-0.05, 0) is 43.4 Å². The Kier molecular flexibility index (Phi) is 5.11. The number of para-hydroxylation sites is 1. The molecule has 3 heterocycles. The zero-order valence-corrected chi connectivity index (χ0v) is 17.3. The Morgan fingerprint density at radius 1 is 1.23 bits per heavy atom. The van der Waals surface area contributed by atoms with Gasteiger partial charge in [0.05, 0.1) is 12.2 Å². The quantitative estimate of drug-likeness (QED) is 0.514. The van der Waals surface area contributed by atoms with Gasteiger partial charge in [0.25, 0.3) is 5.91 Å². The summed E-state index contributed by atoms with van der Waals surface area (Å²) in [6, 6.07) is 11.2. The van der Waals surface area contributed by atoms with E-state index in [1.165, 1.54) is 17.7 Å². The summed E-state index contributed by atoms with van der Waals surface area (Å²) in [5.41, 5.74) is 4.42. The number of aryl methyl sites for hydroxylation is 1. The Hall–Kier alpha value is -3.68. The molecule has 0 bridgehead atoms. The molecule has 0 aliphatic heterocycles. The molecule has 8 heteroatoms. The van der Waals surface area contributed by atoms with Crippen molar-refractivity contribution in [3.8, 4) is 5.75 Å². The van der Waals surface area contributed by atoms with Crippen LogP contribution in [0, 0.1) is 0 Å². The molecule has 31 heavy (non-hydrogen) atoms. The molecule has 1 N–H and O–H groups in total. The molecule has 0 saturated carbocycles. The molecule has 5 rings (SSSR count). The van der Waals surface area contributed by atoms with Crippen molar-refractivity contribution in [3.05, 3.63) is 71.0 Å². The van der Waals surface area contributed by atoms with E-state index in [2.05, 4.69) is 20.3 Å². The summed E-state index contributed by atoms with van der Waals surface area (Å²) in [4.78, 5) is 18.8. The molecule has 1 aliphatic rings. The van der Waals surface area contributed by atoms with Crippen LogP contribution in [0.25, 0.3) is 10.9 Å². The number of ether oxygens (including phenoxy) is 1. The third-order valence-electron chi connectivity index (χ3n) is 5.62. The molecule has 0 fully saturated rings. The number of nitrogens with one attached hydrogen (secondary N) is 1. The number of benzene rings is 1. The van der Waals surface area contributed by atoms with Crippen molar-refractivity contribution < 1.29 is 14.1 Å². The number of hydrogen-bond donors (Lipinski definition) is 1. The fraction of sp³-hybridized carbons (Fsp3) is 0.304. The Bertz CT molecular complexity index is 1220. The van der Waals surface area contributed by atoms with Crippen LogP contribution in [0.5, 0.6) is 5.75 Å². The van der Waals surface area contributed by atoms with Gasteiger partial charge in [0.1, 0.15) is 17.9 Å². The summed E-state index contributed by atoms with van der Waals surface area (Å²) in [5, 5.41) is 12.5. The molecule has 158 valence electrons. The first kappa shape index (κ1) is 19.3. The van der Waals surface area contributed by atoms with E-state index in [-0.39, 0.29) is 18.2 Å². The first-order valence-electron chi connectivity index (χ1n) is 10.4. The van der Waals surface area contributed by atoms with E-state index in [4.69, 9.17) is 9.26 Å². The van der Waals surface area contributed by atoms with Gasteiger partial charge in [0, 0.05) is 30.4 Å². The molecule has 8 nitrogen and oxygen atoms in total. The van der Waals surface area contributed by atoms with Gasteiger partial charge in [-0.25, -0.2) is 0 Å². The van der Waals surface area contributed by atoms with E-state index >= 15 is 0 Å². The lowest BCUT2D eigenvalue weighted by atomic mass is 9.96. The molecule has 0 unspecified atom stereocenters. The van der Waals surface area contributed by atoms with Gasteiger partial charge in [-0.1, -0.05) is 23.4 Å². The first-order valence-corrected chi connectivity index (χ1v) is 10.4. The van der Waals surface area contributed by atoms with Crippen molar-refractivity contribution >= 4 is 16.8 Å². The van der Waals surface area contributed by atoms with Gasteiger partial charge in [0.2, 0.25) is 0 Å². The molecule has 1 aromatic carbocycles. The van der Waals surface area contributed by atoms with Gasteiger partial charge < -0.3 is 14.2 Å². The summed E-state index contributed by atoms with van der Waals surface area (Å²) < 4.78 is 11.2. The lowest BCUT2D eigenvalue weighted by molar-refractivity contribution is 0.0772. The second-order valence-electron chi connectivity index (χ2n) is 7.79. The van der Waals surface area contributed by atoms with Crippen LogP contribution in [-0.4, -0.2) is 38.2 Å². The molecule has 1 amide bonds. The smallest absolute Gasteiger partial charge is 0.276 e. The third-order valence-corrected chi connectivity index (χ3v) is 5.62. The van der Waals surface area contributed by atoms with Crippen molar-refractivity contribution in [1.29, 1.82) is 0 Å². The van der Waals surface area contributed by atoms with E-state index in [0.717, 1.165) is 35.9 Å². The predicted octanol–water partition coefficient (Wildman–Crippen LogP) is 3.68. The van der Waals surface area contributed by atoms with E-state index in [1.807, 2.05) is 30.3 Å². The number of pyridine rings is 1. The molecule has 0 atom stereocenters. The van der Waals surface area contributed by atoms with Crippen LogP contribution >= 0.6 is 0 Å². The van der Waals surface area contributed by atoms with Gasteiger partial charge >= 0.3 is 0 Å². The van der Waals surface area contributed by atoms with Crippen molar-refractivity contribution in [2.45, 2.75) is 38.8 Å². The third kappa shape index (κ3) is 3.88. The highest BCUT2D eigenvalue weighted by Crippen LogP contribution is 2.25. The van der Waals surface area contributed by atoms with Crippen molar-refractivity contribution in [2.24, 2.45) is 0 Å². The number of hydrogen-bond acceptors (Lipinski definition) is 6. The van der Waals surface area contributed by atoms with Gasteiger partial charge in [-0.15, -0.1) is 0 Å². The van der Waals surface area contributed by atoms with E-state index < -0.39 is 0 Å². The second-order valence-corrected chi connectivity index (χ2v) is 7.79. The maximum atomic E-state index is 12.8. The minimum absolute atomic E-state index is 0.159. The number of aromatic amines is 1. The van der Waals surface area contributed by atoms with E-state index in [0.29, 0.717) is 18.1 Å². The SMILES string of the molecule is CN(Cc1n[nH]c2c1CCCC2)C(=O)c1cc(COc2cccc3cccnc23)on1. The second kappa shape index (κ2) is 8.22. The van der Waals surface area contributed by atoms with Crippen LogP contribution in [-0.2, 0) is 26.0 Å². The summed E-state index contributed by atoms with van der Waals surface area (Å²) in [6.45, 7) is 0.595. The zero-order chi connectivity index (χ0) is 21.2. The average molecular weight is 417 g/mol. The molecule has 0 radical (unpaired) electrons. The van der Waals surface area contributed by atoms with Crippen LogP contribution in [0.4, 0.5) is 0 Å².